The third kappa shape index (κ3) is 4.14. The number of hydrogen-bond acceptors (Lipinski definition) is 4. The molecule has 0 saturated carbocycles. The molecule has 0 atom stereocenters. The summed E-state index contributed by atoms with van der Waals surface area (Å²) in [6.45, 7) is 0.254. The second-order valence-corrected chi connectivity index (χ2v) is 4.94. The minimum atomic E-state index is -0.810. The highest BCUT2D eigenvalue weighted by Crippen LogP contribution is 2.15. The summed E-state index contributed by atoms with van der Waals surface area (Å²) in [5.41, 5.74) is 0.399. The Labute approximate surface area is 108 Å². The summed E-state index contributed by atoms with van der Waals surface area (Å²) in [4.78, 5) is 11.5. The average Bonchev–Trinajstić information content (AvgIpc) is 2.76. The van der Waals surface area contributed by atoms with E-state index in [1.165, 1.54) is 17.4 Å². The molecule has 0 bridgehead atoms. The van der Waals surface area contributed by atoms with Crippen molar-refractivity contribution in [2.24, 2.45) is 0 Å². The molecule has 0 fully saturated rings. The maximum atomic E-state index is 11.7. The van der Waals surface area contributed by atoms with Crippen molar-refractivity contribution in [3.63, 3.8) is 0 Å². The standard InChI is InChI=1S/C10H11Cl2NO2S/c11-10(12)7(13-3-4-14)6-8(15)9-2-1-5-16-9/h1-2,5-6,10,13-14H,3-4H2/b7-6-. The molecule has 6 heteroatoms. The molecule has 1 aromatic rings. The number of aliphatic hydroxyl groups is 1. The first-order valence-electron chi connectivity index (χ1n) is 4.57. The molecule has 1 aromatic heterocycles. The van der Waals surface area contributed by atoms with Gasteiger partial charge in [-0.15, -0.1) is 11.3 Å². The molecule has 0 radical (unpaired) electrons. The summed E-state index contributed by atoms with van der Waals surface area (Å²) in [6.07, 6.45) is 1.35. The van der Waals surface area contributed by atoms with Gasteiger partial charge < -0.3 is 10.4 Å². The molecule has 88 valence electrons. The zero-order valence-corrected chi connectivity index (χ0v) is 10.6. The Morgan fingerprint density at radius 3 is 2.88 bits per heavy atom. The normalized spacial score (nSPS) is 11.9. The number of halogens is 2. The van der Waals surface area contributed by atoms with E-state index in [2.05, 4.69) is 5.32 Å². The zero-order chi connectivity index (χ0) is 12.0. The smallest absolute Gasteiger partial charge is 0.197 e. The van der Waals surface area contributed by atoms with Crippen LogP contribution < -0.4 is 5.32 Å². The number of thiophene rings is 1. The number of carbonyl (C=O) groups is 1. The summed E-state index contributed by atoms with van der Waals surface area (Å²) in [5.74, 6) is -0.151. The second-order valence-electron chi connectivity index (χ2n) is 2.89. The van der Waals surface area contributed by atoms with E-state index in [-0.39, 0.29) is 12.4 Å². The predicted octanol–water partition coefficient (Wildman–Crippen LogP) is 2.20. The van der Waals surface area contributed by atoms with Crippen molar-refractivity contribution >= 4 is 40.3 Å². The van der Waals surface area contributed by atoms with Crippen LogP contribution in [0.4, 0.5) is 0 Å². The van der Waals surface area contributed by atoms with E-state index in [1.807, 2.05) is 5.38 Å². The summed E-state index contributed by atoms with van der Waals surface area (Å²) >= 11 is 12.7. The van der Waals surface area contributed by atoms with Crippen molar-refractivity contribution in [1.29, 1.82) is 0 Å². The number of allylic oxidation sites excluding steroid dienone is 2. The lowest BCUT2D eigenvalue weighted by molar-refractivity contribution is 0.104. The topological polar surface area (TPSA) is 49.3 Å². The van der Waals surface area contributed by atoms with Crippen molar-refractivity contribution in [2.45, 2.75) is 4.84 Å². The van der Waals surface area contributed by atoms with Crippen molar-refractivity contribution in [3.8, 4) is 0 Å². The molecule has 0 aliphatic heterocycles. The lowest BCUT2D eigenvalue weighted by atomic mass is 10.2. The Morgan fingerprint density at radius 2 is 2.38 bits per heavy atom. The third-order valence-electron chi connectivity index (χ3n) is 1.73. The number of alkyl halides is 2. The fraction of sp³-hybridized carbons (Fsp3) is 0.300. The lowest BCUT2D eigenvalue weighted by Crippen LogP contribution is -2.22. The van der Waals surface area contributed by atoms with E-state index in [1.54, 1.807) is 12.1 Å². The summed E-state index contributed by atoms with van der Waals surface area (Å²) in [5, 5.41) is 13.3. The van der Waals surface area contributed by atoms with Gasteiger partial charge in [-0.25, -0.2) is 0 Å². The number of aliphatic hydroxyl groups excluding tert-OH is 1. The van der Waals surface area contributed by atoms with Crippen LogP contribution in [0.5, 0.6) is 0 Å². The first kappa shape index (κ1) is 13.5. The van der Waals surface area contributed by atoms with Gasteiger partial charge in [0.05, 0.1) is 11.5 Å². The maximum Gasteiger partial charge on any atom is 0.197 e. The van der Waals surface area contributed by atoms with Gasteiger partial charge in [-0.1, -0.05) is 29.3 Å². The summed E-state index contributed by atoms with van der Waals surface area (Å²) in [6, 6.07) is 3.52. The SMILES string of the molecule is O=C(/C=C(\NCCO)C(Cl)Cl)c1cccs1. The van der Waals surface area contributed by atoms with Crippen LogP contribution in [-0.4, -0.2) is 28.9 Å². The quantitative estimate of drug-likeness (QED) is 0.477. The minimum Gasteiger partial charge on any atom is -0.395 e. The average molecular weight is 280 g/mol. The van der Waals surface area contributed by atoms with Gasteiger partial charge >= 0.3 is 0 Å². The largest absolute Gasteiger partial charge is 0.395 e. The van der Waals surface area contributed by atoms with Gasteiger partial charge in [-0.05, 0) is 11.4 Å². The minimum absolute atomic E-state index is 0.0506. The lowest BCUT2D eigenvalue weighted by Gasteiger charge is -2.09. The van der Waals surface area contributed by atoms with Crippen LogP contribution in [-0.2, 0) is 0 Å². The molecule has 0 unspecified atom stereocenters. The van der Waals surface area contributed by atoms with Crippen LogP contribution in [0.15, 0.2) is 29.3 Å². The molecular formula is C10H11Cl2NO2S. The molecular weight excluding hydrogens is 269 g/mol. The van der Waals surface area contributed by atoms with Crippen molar-refractivity contribution in [1.82, 2.24) is 5.32 Å². The highest BCUT2D eigenvalue weighted by atomic mass is 35.5. The highest BCUT2D eigenvalue weighted by Gasteiger charge is 2.11. The van der Waals surface area contributed by atoms with Gasteiger partial charge in [0.15, 0.2) is 5.78 Å². The van der Waals surface area contributed by atoms with Crippen LogP contribution in [0.25, 0.3) is 0 Å². The molecule has 1 rings (SSSR count). The Morgan fingerprint density at radius 1 is 1.62 bits per heavy atom. The monoisotopic (exact) mass is 279 g/mol. The molecule has 16 heavy (non-hydrogen) atoms. The number of ketones is 1. The van der Waals surface area contributed by atoms with Gasteiger partial charge in [0.1, 0.15) is 4.84 Å². The second kappa shape index (κ2) is 6.91. The van der Waals surface area contributed by atoms with Crippen LogP contribution in [0.1, 0.15) is 9.67 Å². The van der Waals surface area contributed by atoms with Crippen LogP contribution in [0.3, 0.4) is 0 Å². The fourth-order valence-corrected chi connectivity index (χ4v) is 1.94. The van der Waals surface area contributed by atoms with Crippen molar-refractivity contribution in [2.75, 3.05) is 13.2 Å². The van der Waals surface area contributed by atoms with Gasteiger partial charge in [-0.2, -0.15) is 0 Å². The first-order valence-corrected chi connectivity index (χ1v) is 6.32. The van der Waals surface area contributed by atoms with Gasteiger partial charge in [0, 0.05) is 18.3 Å². The summed E-state index contributed by atoms with van der Waals surface area (Å²) in [7, 11) is 0. The van der Waals surface area contributed by atoms with E-state index >= 15 is 0 Å². The molecule has 3 nitrogen and oxygen atoms in total. The van der Waals surface area contributed by atoms with E-state index < -0.39 is 4.84 Å². The third-order valence-corrected chi connectivity index (χ3v) is 3.08. The fourth-order valence-electron chi connectivity index (χ4n) is 1.02. The molecule has 0 aliphatic carbocycles. The number of carbonyl (C=O) groups excluding carboxylic acids is 1. The Kier molecular flexibility index (Phi) is 5.84. The molecule has 0 aromatic carbocycles. The van der Waals surface area contributed by atoms with Crippen LogP contribution >= 0.6 is 34.5 Å². The molecule has 2 N–H and O–H groups in total. The molecule has 0 amide bonds. The Hall–Kier alpha value is -0.550. The molecule has 0 aliphatic rings. The Balaban J connectivity index is 2.73. The van der Waals surface area contributed by atoms with Crippen molar-refractivity contribution < 1.29 is 9.90 Å². The van der Waals surface area contributed by atoms with E-state index in [0.717, 1.165) is 0 Å². The zero-order valence-electron chi connectivity index (χ0n) is 8.32. The molecule has 0 saturated heterocycles. The summed E-state index contributed by atoms with van der Waals surface area (Å²) < 4.78 is 0. The van der Waals surface area contributed by atoms with Gasteiger partial charge in [-0.3, -0.25) is 4.79 Å². The molecule has 0 spiro atoms. The Bertz CT molecular complexity index is 363. The number of nitrogens with one attached hydrogen (secondary N) is 1. The van der Waals surface area contributed by atoms with Crippen LogP contribution in [0.2, 0.25) is 0 Å². The number of rotatable bonds is 6. The van der Waals surface area contributed by atoms with Crippen molar-refractivity contribution in [3.05, 3.63) is 34.2 Å². The van der Waals surface area contributed by atoms with Gasteiger partial charge in [0.25, 0.3) is 0 Å². The van der Waals surface area contributed by atoms with E-state index in [9.17, 15) is 4.79 Å². The van der Waals surface area contributed by atoms with Crippen LogP contribution in [0, 0.1) is 0 Å². The number of hydrogen-bond donors (Lipinski definition) is 2. The predicted molar refractivity (Wildman–Crippen MR) is 67.3 cm³/mol. The molecule has 1 heterocycles. The maximum absolute atomic E-state index is 11.7. The first-order chi connectivity index (χ1) is 7.65. The van der Waals surface area contributed by atoms with E-state index in [4.69, 9.17) is 28.3 Å². The highest BCUT2D eigenvalue weighted by molar-refractivity contribution is 7.12. The van der Waals surface area contributed by atoms with Gasteiger partial charge in [0.2, 0.25) is 0 Å². The van der Waals surface area contributed by atoms with E-state index in [0.29, 0.717) is 17.1 Å².